The molecule has 0 spiro atoms. The number of likely N-dealkylation sites (N-methyl/N-ethyl adjacent to an activating group) is 1. The molecule has 0 aromatic heterocycles. The molecule has 0 fully saturated rings. The molecule has 0 bridgehead atoms. The largest absolute Gasteiger partial charge is 0.483 e. The molecule has 1 aromatic rings. The van der Waals surface area contributed by atoms with Gasteiger partial charge in [-0.05, 0) is 47.0 Å². The summed E-state index contributed by atoms with van der Waals surface area (Å²) < 4.78 is 6.29. The van der Waals surface area contributed by atoms with Crippen molar-refractivity contribution >= 4 is 21.8 Å². The lowest BCUT2D eigenvalue weighted by Gasteiger charge is -2.13. The number of hydrogen-bond acceptors (Lipinski definition) is 3. The van der Waals surface area contributed by atoms with Crippen LogP contribution in [0.2, 0.25) is 0 Å². The standard InChI is InChI=1S/C13H19BrN2O2/c1-9(15)6-10-4-5-12(11(14)7-10)18-8-13(17)16(2)3/h4-5,7,9H,6,8,15H2,1-3H3. The maximum Gasteiger partial charge on any atom is 0.259 e. The van der Waals surface area contributed by atoms with Crippen LogP contribution in [0.25, 0.3) is 0 Å². The van der Waals surface area contributed by atoms with E-state index in [9.17, 15) is 4.79 Å². The molecule has 0 aliphatic heterocycles. The molecule has 0 saturated heterocycles. The number of nitrogens with zero attached hydrogens (tertiary/aromatic N) is 1. The molecule has 100 valence electrons. The van der Waals surface area contributed by atoms with Crippen LogP contribution in [0, 0.1) is 0 Å². The predicted octanol–water partition coefficient (Wildman–Crippen LogP) is 1.81. The van der Waals surface area contributed by atoms with Crippen molar-refractivity contribution in [3.63, 3.8) is 0 Å². The van der Waals surface area contributed by atoms with Gasteiger partial charge in [-0.3, -0.25) is 4.79 Å². The summed E-state index contributed by atoms with van der Waals surface area (Å²) in [4.78, 5) is 12.9. The fraction of sp³-hybridized carbons (Fsp3) is 0.462. The molecule has 0 aliphatic carbocycles. The zero-order valence-electron chi connectivity index (χ0n) is 10.9. The normalized spacial score (nSPS) is 12.1. The maximum absolute atomic E-state index is 11.4. The molecule has 0 aliphatic rings. The van der Waals surface area contributed by atoms with Gasteiger partial charge in [0.15, 0.2) is 6.61 Å². The van der Waals surface area contributed by atoms with E-state index in [-0.39, 0.29) is 18.6 Å². The Balaban J connectivity index is 2.65. The monoisotopic (exact) mass is 314 g/mol. The molecule has 0 saturated carbocycles. The van der Waals surface area contributed by atoms with Crippen molar-refractivity contribution in [2.75, 3.05) is 20.7 Å². The van der Waals surface area contributed by atoms with Crippen molar-refractivity contribution in [3.8, 4) is 5.75 Å². The Hall–Kier alpha value is -1.07. The van der Waals surface area contributed by atoms with Gasteiger partial charge in [-0.25, -0.2) is 0 Å². The Morgan fingerprint density at radius 1 is 1.50 bits per heavy atom. The molecule has 1 amide bonds. The van der Waals surface area contributed by atoms with Crippen LogP contribution in [0.4, 0.5) is 0 Å². The van der Waals surface area contributed by atoms with Gasteiger partial charge in [-0.2, -0.15) is 0 Å². The summed E-state index contributed by atoms with van der Waals surface area (Å²) in [5.74, 6) is 0.597. The van der Waals surface area contributed by atoms with E-state index in [0.29, 0.717) is 5.75 Å². The zero-order chi connectivity index (χ0) is 13.7. The third-order valence-corrected chi connectivity index (χ3v) is 3.02. The minimum absolute atomic E-state index is 0.0399. The maximum atomic E-state index is 11.4. The second-order valence-corrected chi connectivity index (χ2v) is 5.38. The van der Waals surface area contributed by atoms with Crippen molar-refractivity contribution in [2.45, 2.75) is 19.4 Å². The number of hydrogen-bond donors (Lipinski definition) is 1. The lowest BCUT2D eigenvalue weighted by atomic mass is 10.1. The average molecular weight is 315 g/mol. The lowest BCUT2D eigenvalue weighted by molar-refractivity contribution is -0.130. The van der Waals surface area contributed by atoms with Crippen LogP contribution < -0.4 is 10.5 Å². The quantitative estimate of drug-likeness (QED) is 0.901. The fourth-order valence-electron chi connectivity index (χ4n) is 1.43. The molecule has 4 nitrogen and oxygen atoms in total. The van der Waals surface area contributed by atoms with E-state index in [0.717, 1.165) is 16.5 Å². The molecular weight excluding hydrogens is 296 g/mol. The average Bonchev–Trinajstić information content (AvgIpc) is 2.26. The molecule has 1 atom stereocenters. The number of halogens is 1. The van der Waals surface area contributed by atoms with Crippen LogP contribution in [0.1, 0.15) is 12.5 Å². The summed E-state index contributed by atoms with van der Waals surface area (Å²) in [6, 6.07) is 5.91. The van der Waals surface area contributed by atoms with Gasteiger partial charge in [0.1, 0.15) is 5.75 Å². The Kier molecular flexibility index (Phi) is 5.62. The van der Waals surface area contributed by atoms with Crippen molar-refractivity contribution in [1.29, 1.82) is 0 Å². The van der Waals surface area contributed by atoms with Crippen molar-refractivity contribution in [2.24, 2.45) is 5.73 Å². The van der Waals surface area contributed by atoms with E-state index in [4.69, 9.17) is 10.5 Å². The van der Waals surface area contributed by atoms with Crippen LogP contribution in [0.15, 0.2) is 22.7 Å². The first-order valence-corrected chi connectivity index (χ1v) is 6.56. The topological polar surface area (TPSA) is 55.6 Å². The lowest BCUT2D eigenvalue weighted by Crippen LogP contribution is -2.27. The fourth-order valence-corrected chi connectivity index (χ4v) is 1.97. The van der Waals surface area contributed by atoms with E-state index < -0.39 is 0 Å². The van der Waals surface area contributed by atoms with Gasteiger partial charge in [0, 0.05) is 20.1 Å². The van der Waals surface area contributed by atoms with Gasteiger partial charge >= 0.3 is 0 Å². The molecule has 1 unspecified atom stereocenters. The molecule has 0 radical (unpaired) electrons. The third kappa shape index (κ3) is 4.66. The van der Waals surface area contributed by atoms with Crippen LogP contribution >= 0.6 is 15.9 Å². The molecule has 5 heteroatoms. The second kappa shape index (κ2) is 6.75. The summed E-state index contributed by atoms with van der Waals surface area (Å²) in [6.45, 7) is 2.01. The molecule has 1 rings (SSSR count). The summed E-state index contributed by atoms with van der Waals surface area (Å²) >= 11 is 3.43. The minimum atomic E-state index is -0.0680. The number of nitrogens with two attached hydrogens (primary N) is 1. The Labute approximate surface area is 116 Å². The van der Waals surface area contributed by atoms with E-state index in [2.05, 4.69) is 15.9 Å². The highest BCUT2D eigenvalue weighted by atomic mass is 79.9. The van der Waals surface area contributed by atoms with Crippen LogP contribution in [-0.4, -0.2) is 37.6 Å². The molecule has 18 heavy (non-hydrogen) atoms. The number of ether oxygens (including phenoxy) is 1. The summed E-state index contributed by atoms with van der Waals surface area (Å²) in [5.41, 5.74) is 6.89. The number of rotatable bonds is 5. The van der Waals surface area contributed by atoms with Crippen LogP contribution in [-0.2, 0) is 11.2 Å². The first-order chi connectivity index (χ1) is 8.40. The Morgan fingerprint density at radius 2 is 2.17 bits per heavy atom. The van der Waals surface area contributed by atoms with Gasteiger partial charge < -0.3 is 15.4 Å². The number of benzene rings is 1. The van der Waals surface area contributed by atoms with E-state index in [1.807, 2.05) is 25.1 Å². The number of amides is 1. The smallest absolute Gasteiger partial charge is 0.259 e. The Morgan fingerprint density at radius 3 is 2.67 bits per heavy atom. The first kappa shape index (κ1) is 15.0. The molecular formula is C13H19BrN2O2. The highest BCUT2D eigenvalue weighted by Gasteiger charge is 2.08. The SMILES string of the molecule is CC(N)Cc1ccc(OCC(=O)N(C)C)c(Br)c1. The Bertz CT molecular complexity index is 419. The second-order valence-electron chi connectivity index (χ2n) is 4.52. The molecule has 0 heterocycles. The minimum Gasteiger partial charge on any atom is -0.483 e. The molecule has 1 aromatic carbocycles. The van der Waals surface area contributed by atoms with Crippen molar-refractivity contribution in [1.82, 2.24) is 4.90 Å². The van der Waals surface area contributed by atoms with Gasteiger partial charge in [0.05, 0.1) is 4.47 Å². The van der Waals surface area contributed by atoms with Crippen molar-refractivity contribution < 1.29 is 9.53 Å². The van der Waals surface area contributed by atoms with E-state index in [1.165, 1.54) is 4.90 Å². The highest BCUT2D eigenvalue weighted by Crippen LogP contribution is 2.26. The van der Waals surface area contributed by atoms with Crippen LogP contribution in [0.5, 0.6) is 5.75 Å². The summed E-state index contributed by atoms with van der Waals surface area (Å²) in [5, 5.41) is 0. The number of carbonyl (C=O) groups is 1. The van der Waals surface area contributed by atoms with Gasteiger partial charge in [-0.15, -0.1) is 0 Å². The molecule has 2 N–H and O–H groups in total. The van der Waals surface area contributed by atoms with Crippen molar-refractivity contribution in [3.05, 3.63) is 28.2 Å². The number of carbonyl (C=O) groups excluding carboxylic acids is 1. The van der Waals surface area contributed by atoms with Gasteiger partial charge in [0.2, 0.25) is 0 Å². The first-order valence-electron chi connectivity index (χ1n) is 5.77. The van der Waals surface area contributed by atoms with E-state index >= 15 is 0 Å². The van der Waals surface area contributed by atoms with Gasteiger partial charge in [0.25, 0.3) is 5.91 Å². The third-order valence-electron chi connectivity index (χ3n) is 2.40. The predicted molar refractivity (Wildman–Crippen MR) is 75.7 cm³/mol. The van der Waals surface area contributed by atoms with Gasteiger partial charge in [-0.1, -0.05) is 6.07 Å². The van der Waals surface area contributed by atoms with Crippen LogP contribution in [0.3, 0.4) is 0 Å². The highest BCUT2D eigenvalue weighted by molar-refractivity contribution is 9.10. The summed E-state index contributed by atoms with van der Waals surface area (Å²) in [6.07, 6.45) is 0.815. The van der Waals surface area contributed by atoms with E-state index in [1.54, 1.807) is 14.1 Å². The zero-order valence-corrected chi connectivity index (χ0v) is 12.5. The summed E-state index contributed by atoms with van der Waals surface area (Å²) in [7, 11) is 3.40.